The van der Waals surface area contributed by atoms with Gasteiger partial charge in [-0.1, -0.05) is 13.0 Å². The van der Waals surface area contributed by atoms with Crippen LogP contribution in [0.2, 0.25) is 0 Å². The molecule has 1 heterocycles. The molecule has 0 bridgehead atoms. The van der Waals surface area contributed by atoms with Gasteiger partial charge in [0.2, 0.25) is 5.88 Å². The highest BCUT2D eigenvalue weighted by Crippen LogP contribution is 2.22. The highest BCUT2D eigenvalue weighted by molar-refractivity contribution is 5.28. The lowest BCUT2D eigenvalue weighted by Crippen LogP contribution is -2.28. The molecule has 0 spiro atoms. The molecule has 1 aromatic heterocycles. The van der Waals surface area contributed by atoms with E-state index in [0.717, 1.165) is 17.7 Å². The smallest absolute Gasteiger partial charge is 0.218 e. The number of hydrogen-bond acceptors (Lipinski definition) is 3. The molecular formula is C12H20N2O. The van der Waals surface area contributed by atoms with Crippen LogP contribution in [0, 0.1) is 6.92 Å². The van der Waals surface area contributed by atoms with Gasteiger partial charge in [0, 0.05) is 17.8 Å². The van der Waals surface area contributed by atoms with Crippen molar-refractivity contribution < 1.29 is 4.74 Å². The molecular weight excluding hydrogens is 188 g/mol. The number of nitrogens with zero attached hydrogens (tertiary/aromatic N) is 1. The first-order valence-electron chi connectivity index (χ1n) is 5.34. The number of aromatic nitrogens is 1. The Morgan fingerprint density at radius 2 is 2.07 bits per heavy atom. The van der Waals surface area contributed by atoms with Crippen LogP contribution in [0.3, 0.4) is 0 Å². The van der Waals surface area contributed by atoms with Crippen LogP contribution >= 0.6 is 0 Å². The lowest BCUT2D eigenvalue weighted by Gasteiger charge is -2.25. The molecule has 0 aliphatic rings. The van der Waals surface area contributed by atoms with Crippen molar-refractivity contribution in [1.29, 1.82) is 0 Å². The first kappa shape index (κ1) is 12.0. The Hall–Kier alpha value is -1.09. The van der Waals surface area contributed by atoms with Crippen molar-refractivity contribution in [3.63, 3.8) is 0 Å². The maximum Gasteiger partial charge on any atom is 0.218 e. The van der Waals surface area contributed by atoms with E-state index in [2.05, 4.69) is 25.8 Å². The van der Waals surface area contributed by atoms with E-state index in [1.165, 1.54) is 0 Å². The average molecular weight is 208 g/mol. The van der Waals surface area contributed by atoms with Crippen LogP contribution < -0.4 is 10.5 Å². The van der Waals surface area contributed by atoms with Gasteiger partial charge in [-0.05, 0) is 33.3 Å². The predicted octanol–water partition coefficient (Wildman–Crippen LogP) is 2.42. The summed E-state index contributed by atoms with van der Waals surface area (Å²) in [7, 11) is 0. The zero-order chi connectivity index (χ0) is 11.5. The van der Waals surface area contributed by atoms with Crippen LogP contribution in [-0.4, -0.2) is 10.6 Å². The largest absolute Gasteiger partial charge is 0.471 e. The number of hydrogen-bond donors (Lipinski definition) is 1. The zero-order valence-electron chi connectivity index (χ0n) is 10.0. The summed E-state index contributed by atoms with van der Waals surface area (Å²) in [5, 5.41) is 0. The van der Waals surface area contributed by atoms with E-state index in [4.69, 9.17) is 10.5 Å². The van der Waals surface area contributed by atoms with Crippen molar-refractivity contribution in [2.24, 2.45) is 5.73 Å². The first-order chi connectivity index (χ1) is 6.98. The van der Waals surface area contributed by atoms with E-state index in [1.54, 1.807) is 0 Å². The molecule has 1 rings (SSSR count). The van der Waals surface area contributed by atoms with Gasteiger partial charge < -0.3 is 10.5 Å². The molecule has 0 saturated carbocycles. The summed E-state index contributed by atoms with van der Waals surface area (Å²) in [5.41, 5.74) is 7.36. The highest BCUT2D eigenvalue weighted by atomic mass is 16.5. The van der Waals surface area contributed by atoms with Crippen LogP contribution in [0.15, 0.2) is 12.1 Å². The molecule has 0 radical (unpaired) electrons. The minimum atomic E-state index is -0.190. The van der Waals surface area contributed by atoms with Crippen molar-refractivity contribution in [3.05, 3.63) is 23.4 Å². The molecule has 15 heavy (non-hydrogen) atoms. The number of pyridine rings is 1. The van der Waals surface area contributed by atoms with Gasteiger partial charge in [-0.25, -0.2) is 4.98 Å². The monoisotopic (exact) mass is 208 g/mol. The second kappa shape index (κ2) is 4.62. The topological polar surface area (TPSA) is 48.1 Å². The molecule has 0 saturated heterocycles. The van der Waals surface area contributed by atoms with Gasteiger partial charge in [0.05, 0.1) is 0 Å². The zero-order valence-corrected chi connectivity index (χ0v) is 10.0. The van der Waals surface area contributed by atoms with Crippen LogP contribution in [0.5, 0.6) is 5.88 Å². The van der Waals surface area contributed by atoms with Crippen molar-refractivity contribution >= 4 is 0 Å². The first-order valence-corrected chi connectivity index (χ1v) is 5.34. The molecule has 0 amide bonds. The molecule has 0 aliphatic carbocycles. The molecule has 0 aliphatic heterocycles. The summed E-state index contributed by atoms with van der Waals surface area (Å²) in [6.45, 7) is 8.61. The van der Waals surface area contributed by atoms with E-state index in [-0.39, 0.29) is 5.60 Å². The second-order valence-corrected chi connectivity index (χ2v) is 4.34. The van der Waals surface area contributed by atoms with Crippen LogP contribution in [0.4, 0.5) is 0 Å². The SMILES string of the molecule is CCC(C)(C)Oc1nc(C)ccc1CN. The average Bonchev–Trinajstić information content (AvgIpc) is 2.18. The Labute approximate surface area is 91.7 Å². The van der Waals surface area contributed by atoms with E-state index in [1.807, 2.05) is 19.1 Å². The lowest BCUT2D eigenvalue weighted by molar-refractivity contribution is 0.0974. The van der Waals surface area contributed by atoms with Crippen molar-refractivity contribution in [2.45, 2.75) is 46.3 Å². The summed E-state index contributed by atoms with van der Waals surface area (Å²) < 4.78 is 5.86. The Morgan fingerprint density at radius 1 is 1.40 bits per heavy atom. The quantitative estimate of drug-likeness (QED) is 0.826. The lowest BCUT2D eigenvalue weighted by atomic mass is 10.1. The molecule has 84 valence electrons. The third-order valence-electron chi connectivity index (χ3n) is 2.52. The molecule has 3 nitrogen and oxygen atoms in total. The minimum Gasteiger partial charge on any atom is -0.471 e. The van der Waals surface area contributed by atoms with Crippen LogP contribution in [0.1, 0.15) is 38.4 Å². The Balaban J connectivity index is 2.97. The summed E-state index contributed by atoms with van der Waals surface area (Å²) in [6.07, 6.45) is 0.937. The molecule has 3 heteroatoms. The fraction of sp³-hybridized carbons (Fsp3) is 0.583. The molecule has 0 unspecified atom stereocenters. The second-order valence-electron chi connectivity index (χ2n) is 4.34. The van der Waals surface area contributed by atoms with Gasteiger partial charge in [0.15, 0.2) is 0 Å². The van der Waals surface area contributed by atoms with E-state index in [0.29, 0.717) is 12.4 Å². The molecule has 2 N–H and O–H groups in total. The van der Waals surface area contributed by atoms with E-state index >= 15 is 0 Å². The van der Waals surface area contributed by atoms with E-state index in [9.17, 15) is 0 Å². The summed E-state index contributed by atoms with van der Waals surface area (Å²) in [4.78, 5) is 4.37. The third-order valence-corrected chi connectivity index (χ3v) is 2.52. The van der Waals surface area contributed by atoms with Gasteiger partial charge in [-0.2, -0.15) is 0 Å². The van der Waals surface area contributed by atoms with Crippen molar-refractivity contribution in [1.82, 2.24) is 4.98 Å². The van der Waals surface area contributed by atoms with Gasteiger partial charge in [0.1, 0.15) is 5.60 Å². The Bertz CT molecular complexity index is 334. The van der Waals surface area contributed by atoms with Gasteiger partial charge >= 0.3 is 0 Å². The summed E-state index contributed by atoms with van der Waals surface area (Å²) in [6, 6.07) is 3.93. The minimum absolute atomic E-state index is 0.190. The number of rotatable bonds is 4. The number of ether oxygens (including phenoxy) is 1. The van der Waals surface area contributed by atoms with Gasteiger partial charge in [-0.3, -0.25) is 0 Å². The highest BCUT2D eigenvalue weighted by Gasteiger charge is 2.19. The third kappa shape index (κ3) is 3.20. The van der Waals surface area contributed by atoms with Crippen LogP contribution in [-0.2, 0) is 6.54 Å². The molecule has 0 fully saturated rings. The maximum atomic E-state index is 5.86. The van der Waals surface area contributed by atoms with Crippen molar-refractivity contribution in [3.8, 4) is 5.88 Å². The molecule has 0 aromatic carbocycles. The standard InChI is InChI=1S/C12H20N2O/c1-5-12(3,4)15-11-10(8-13)7-6-9(2)14-11/h6-7H,5,8,13H2,1-4H3. The number of nitrogens with two attached hydrogens (primary N) is 1. The number of aryl methyl sites for hydroxylation is 1. The van der Waals surface area contributed by atoms with Crippen LogP contribution in [0.25, 0.3) is 0 Å². The van der Waals surface area contributed by atoms with E-state index < -0.39 is 0 Å². The molecule has 1 aromatic rings. The van der Waals surface area contributed by atoms with Crippen molar-refractivity contribution in [2.75, 3.05) is 0 Å². The maximum absolute atomic E-state index is 5.86. The fourth-order valence-corrected chi connectivity index (χ4v) is 1.14. The summed E-state index contributed by atoms with van der Waals surface area (Å²) >= 11 is 0. The normalized spacial score (nSPS) is 11.5. The Kier molecular flexibility index (Phi) is 3.69. The summed E-state index contributed by atoms with van der Waals surface area (Å²) in [5.74, 6) is 0.671. The van der Waals surface area contributed by atoms with Gasteiger partial charge in [0.25, 0.3) is 0 Å². The fourth-order valence-electron chi connectivity index (χ4n) is 1.14. The molecule has 0 atom stereocenters. The van der Waals surface area contributed by atoms with Gasteiger partial charge in [-0.15, -0.1) is 0 Å². The predicted molar refractivity (Wildman–Crippen MR) is 61.9 cm³/mol. The Morgan fingerprint density at radius 3 is 2.60 bits per heavy atom.